The van der Waals surface area contributed by atoms with Crippen LogP contribution in [0.3, 0.4) is 0 Å². The largest absolute Gasteiger partial charge is 0.416 e. The zero-order valence-corrected chi connectivity index (χ0v) is 14.6. The molecular formula is C19H20ClF3N2. The summed E-state index contributed by atoms with van der Waals surface area (Å²) in [5, 5.41) is 7.41. The third-order valence-corrected chi connectivity index (χ3v) is 4.90. The van der Waals surface area contributed by atoms with Crippen molar-refractivity contribution in [3.8, 4) is 0 Å². The second kappa shape index (κ2) is 7.26. The summed E-state index contributed by atoms with van der Waals surface area (Å²) in [5.74, 6) is 0. The minimum Gasteiger partial charge on any atom is -0.377 e. The van der Waals surface area contributed by atoms with E-state index >= 15 is 0 Å². The van der Waals surface area contributed by atoms with Gasteiger partial charge in [0.15, 0.2) is 0 Å². The molecule has 0 aliphatic carbocycles. The number of hydrogen-bond donors (Lipinski definition) is 2. The van der Waals surface area contributed by atoms with Gasteiger partial charge in [0.05, 0.1) is 16.3 Å². The molecule has 25 heavy (non-hydrogen) atoms. The summed E-state index contributed by atoms with van der Waals surface area (Å²) >= 11 is 6.40. The van der Waals surface area contributed by atoms with Gasteiger partial charge in [0.1, 0.15) is 0 Å². The zero-order chi connectivity index (χ0) is 18.0. The van der Waals surface area contributed by atoms with Gasteiger partial charge < -0.3 is 10.6 Å². The third kappa shape index (κ3) is 4.10. The van der Waals surface area contributed by atoms with Gasteiger partial charge in [-0.1, -0.05) is 29.8 Å². The first-order valence-electron chi connectivity index (χ1n) is 8.31. The summed E-state index contributed by atoms with van der Waals surface area (Å²) < 4.78 is 38.1. The zero-order valence-electron chi connectivity index (χ0n) is 13.9. The Kier molecular flexibility index (Phi) is 5.25. The fourth-order valence-corrected chi connectivity index (χ4v) is 3.39. The van der Waals surface area contributed by atoms with Crippen LogP contribution in [0.15, 0.2) is 36.4 Å². The van der Waals surface area contributed by atoms with Crippen molar-refractivity contribution in [1.82, 2.24) is 5.32 Å². The average molecular weight is 369 g/mol. The van der Waals surface area contributed by atoms with Crippen LogP contribution in [0.5, 0.6) is 0 Å². The Morgan fingerprint density at radius 3 is 2.40 bits per heavy atom. The van der Waals surface area contributed by atoms with E-state index in [0.29, 0.717) is 5.02 Å². The van der Waals surface area contributed by atoms with Crippen molar-refractivity contribution in [3.63, 3.8) is 0 Å². The molecule has 2 nitrogen and oxygen atoms in total. The highest BCUT2D eigenvalue weighted by Crippen LogP contribution is 2.34. The molecule has 0 saturated carbocycles. The SMILES string of the molecule is CC(Nc1c(Cl)ccc2c1CCNCC2)c1ccc(C(F)(F)F)cc1. The van der Waals surface area contributed by atoms with Crippen LogP contribution in [-0.2, 0) is 19.0 Å². The summed E-state index contributed by atoms with van der Waals surface area (Å²) in [6.07, 6.45) is -2.50. The maximum atomic E-state index is 12.7. The van der Waals surface area contributed by atoms with Crippen LogP contribution in [0.2, 0.25) is 5.02 Å². The maximum Gasteiger partial charge on any atom is 0.416 e. The van der Waals surface area contributed by atoms with Gasteiger partial charge in [0, 0.05) is 6.04 Å². The molecule has 1 heterocycles. The Bertz CT molecular complexity index is 742. The van der Waals surface area contributed by atoms with Crippen LogP contribution >= 0.6 is 11.6 Å². The minimum absolute atomic E-state index is 0.150. The van der Waals surface area contributed by atoms with E-state index in [1.165, 1.54) is 23.3 Å². The lowest BCUT2D eigenvalue weighted by atomic mass is 9.99. The quantitative estimate of drug-likeness (QED) is 0.776. The van der Waals surface area contributed by atoms with Crippen LogP contribution in [-0.4, -0.2) is 13.1 Å². The van der Waals surface area contributed by atoms with Gasteiger partial charge >= 0.3 is 6.18 Å². The van der Waals surface area contributed by atoms with Crippen molar-refractivity contribution in [2.45, 2.75) is 32.0 Å². The Morgan fingerprint density at radius 2 is 1.72 bits per heavy atom. The van der Waals surface area contributed by atoms with Gasteiger partial charge in [0.2, 0.25) is 0 Å². The lowest BCUT2D eigenvalue weighted by Crippen LogP contribution is -2.16. The monoisotopic (exact) mass is 368 g/mol. The average Bonchev–Trinajstić information content (AvgIpc) is 2.82. The number of alkyl halides is 3. The van der Waals surface area contributed by atoms with Crippen molar-refractivity contribution in [2.75, 3.05) is 18.4 Å². The molecule has 134 valence electrons. The molecule has 1 aliphatic rings. The predicted octanol–water partition coefficient (Wildman–Crippen LogP) is 5.22. The Hall–Kier alpha value is -1.72. The topological polar surface area (TPSA) is 24.1 Å². The molecule has 0 amide bonds. The van der Waals surface area contributed by atoms with E-state index in [2.05, 4.69) is 16.7 Å². The van der Waals surface area contributed by atoms with Gasteiger partial charge in [-0.3, -0.25) is 0 Å². The normalized spacial score (nSPS) is 16.0. The number of anilines is 1. The maximum absolute atomic E-state index is 12.7. The fraction of sp³-hybridized carbons (Fsp3) is 0.368. The van der Waals surface area contributed by atoms with Gasteiger partial charge in [0.25, 0.3) is 0 Å². The molecule has 0 aromatic heterocycles. The molecule has 2 N–H and O–H groups in total. The summed E-state index contributed by atoms with van der Waals surface area (Å²) in [5.41, 5.74) is 3.48. The number of halogens is 4. The number of fused-ring (bicyclic) bond motifs is 1. The first-order chi connectivity index (χ1) is 11.9. The molecule has 2 aromatic rings. The van der Waals surface area contributed by atoms with Gasteiger partial charge in [-0.25, -0.2) is 0 Å². The Balaban J connectivity index is 1.85. The third-order valence-electron chi connectivity index (χ3n) is 4.58. The molecule has 0 spiro atoms. The molecule has 0 saturated heterocycles. The minimum atomic E-state index is -4.32. The molecule has 1 atom stereocenters. The van der Waals surface area contributed by atoms with E-state index in [0.717, 1.165) is 49.3 Å². The van der Waals surface area contributed by atoms with Crippen LogP contribution in [0, 0.1) is 0 Å². The van der Waals surface area contributed by atoms with Crippen molar-refractivity contribution in [2.24, 2.45) is 0 Å². The smallest absolute Gasteiger partial charge is 0.377 e. The van der Waals surface area contributed by atoms with Crippen LogP contribution in [0.4, 0.5) is 18.9 Å². The second-order valence-electron chi connectivity index (χ2n) is 6.30. The van der Waals surface area contributed by atoms with Crippen LogP contribution < -0.4 is 10.6 Å². The van der Waals surface area contributed by atoms with E-state index < -0.39 is 11.7 Å². The molecule has 0 fully saturated rings. The lowest BCUT2D eigenvalue weighted by molar-refractivity contribution is -0.137. The number of rotatable bonds is 3. The standard InChI is InChI=1S/C19H20ClF3N2/c1-12(13-2-5-15(6-3-13)19(21,22)23)25-18-16-9-11-24-10-8-14(16)4-7-17(18)20/h2-7,12,24-25H,8-11H2,1H3. The fourth-order valence-electron chi connectivity index (χ4n) is 3.16. The highest BCUT2D eigenvalue weighted by molar-refractivity contribution is 6.33. The van der Waals surface area contributed by atoms with Gasteiger partial charge in [-0.15, -0.1) is 0 Å². The highest BCUT2D eigenvalue weighted by Gasteiger charge is 2.30. The first-order valence-corrected chi connectivity index (χ1v) is 8.68. The molecule has 1 unspecified atom stereocenters. The number of hydrogen-bond acceptors (Lipinski definition) is 2. The van der Waals surface area contributed by atoms with Crippen molar-refractivity contribution in [1.29, 1.82) is 0 Å². The van der Waals surface area contributed by atoms with Crippen LogP contribution in [0.25, 0.3) is 0 Å². The van der Waals surface area contributed by atoms with Crippen molar-refractivity contribution >= 4 is 17.3 Å². The lowest BCUT2D eigenvalue weighted by Gasteiger charge is -2.21. The predicted molar refractivity (Wildman–Crippen MR) is 95.2 cm³/mol. The summed E-state index contributed by atoms with van der Waals surface area (Å²) in [6, 6.07) is 9.04. The molecule has 1 aliphatic heterocycles. The second-order valence-corrected chi connectivity index (χ2v) is 6.70. The summed E-state index contributed by atoms with van der Waals surface area (Å²) in [4.78, 5) is 0. The molecule has 0 radical (unpaired) electrons. The van der Waals surface area contributed by atoms with E-state index in [1.807, 2.05) is 13.0 Å². The van der Waals surface area contributed by atoms with E-state index in [9.17, 15) is 13.2 Å². The number of benzene rings is 2. The van der Waals surface area contributed by atoms with Gasteiger partial charge in [-0.2, -0.15) is 13.2 Å². The Labute approximate surface area is 150 Å². The molecule has 2 aromatic carbocycles. The molecule has 3 rings (SSSR count). The molecule has 6 heteroatoms. The first kappa shape index (κ1) is 18.1. The van der Waals surface area contributed by atoms with E-state index in [1.54, 1.807) is 0 Å². The highest BCUT2D eigenvalue weighted by atomic mass is 35.5. The molecular weight excluding hydrogens is 349 g/mol. The number of nitrogens with one attached hydrogen (secondary N) is 2. The summed E-state index contributed by atoms with van der Waals surface area (Å²) in [6.45, 7) is 3.74. The van der Waals surface area contributed by atoms with Crippen molar-refractivity contribution < 1.29 is 13.2 Å². The van der Waals surface area contributed by atoms with E-state index in [-0.39, 0.29) is 6.04 Å². The van der Waals surface area contributed by atoms with Crippen molar-refractivity contribution in [3.05, 3.63) is 63.7 Å². The van der Waals surface area contributed by atoms with E-state index in [4.69, 9.17) is 11.6 Å². The Morgan fingerprint density at radius 1 is 1.04 bits per heavy atom. The molecule has 0 bridgehead atoms. The van der Waals surface area contributed by atoms with Crippen LogP contribution in [0.1, 0.15) is 35.2 Å². The van der Waals surface area contributed by atoms with Gasteiger partial charge in [-0.05, 0) is 67.7 Å². The summed E-state index contributed by atoms with van der Waals surface area (Å²) in [7, 11) is 0.